The highest BCUT2D eigenvalue weighted by atomic mass is 28.3. The summed E-state index contributed by atoms with van der Waals surface area (Å²) in [4.78, 5) is 2.36. The van der Waals surface area contributed by atoms with Gasteiger partial charge in [-0.3, -0.25) is 0 Å². The Morgan fingerprint density at radius 3 is 1.20 bits per heavy atom. The van der Waals surface area contributed by atoms with Crippen LogP contribution in [-0.4, -0.2) is 20.6 Å². The Kier molecular flexibility index (Phi) is 9.01. The van der Waals surface area contributed by atoms with Crippen LogP contribution in [0.3, 0.4) is 0 Å². The van der Waals surface area contributed by atoms with E-state index in [0.717, 1.165) is 22.8 Å². The number of rotatable bonds is 9. The molecule has 1 aliphatic rings. The molecule has 54 heavy (non-hydrogen) atoms. The lowest BCUT2D eigenvalue weighted by Gasteiger charge is -2.35. The first-order valence-electron chi connectivity index (χ1n) is 18.5. The fourth-order valence-corrected chi connectivity index (χ4v) is 12.7. The summed E-state index contributed by atoms with van der Waals surface area (Å²) in [5.74, 6) is 0.919. The number of hydrogen-bond donors (Lipinski definition) is 0. The minimum Gasteiger partial charge on any atom is -0.304 e. The predicted octanol–water partition coefficient (Wildman–Crippen LogP) is 9.04. The van der Waals surface area contributed by atoms with Crippen LogP contribution in [-0.2, 0) is 0 Å². The van der Waals surface area contributed by atoms with Gasteiger partial charge in [0.15, 0.2) is 13.9 Å². The lowest BCUT2D eigenvalue weighted by molar-refractivity contribution is 0.913. The summed E-state index contributed by atoms with van der Waals surface area (Å²) < 4.78 is 0. The molecule has 0 saturated heterocycles. The molecule has 8 aromatic rings. The van der Waals surface area contributed by atoms with Crippen LogP contribution in [0.1, 0.15) is 5.56 Å². The highest BCUT2D eigenvalue weighted by Gasteiger charge is 2.41. The summed E-state index contributed by atoms with van der Waals surface area (Å²) in [6.45, 7) is 0.566. The maximum Gasteiger partial charge on any atom is 0.179 e. The lowest BCUT2D eigenvalue weighted by atomic mass is 9.97. The second kappa shape index (κ2) is 14.7. The van der Waals surface area contributed by atoms with Gasteiger partial charge in [0.2, 0.25) is 0 Å². The van der Waals surface area contributed by atoms with Crippen LogP contribution in [0.5, 0.6) is 0 Å². The summed E-state index contributed by atoms with van der Waals surface area (Å²) in [7, 11) is -2.72. The molecule has 0 unspecified atom stereocenters. The van der Waals surface area contributed by atoms with Gasteiger partial charge in [0, 0.05) is 11.3 Å². The molecule has 0 N–H and O–H groups in total. The predicted molar refractivity (Wildman–Crippen MR) is 230 cm³/mol. The van der Waals surface area contributed by atoms with Crippen molar-refractivity contribution in [2.24, 2.45) is 5.10 Å². The van der Waals surface area contributed by atoms with Crippen LogP contribution in [0, 0.1) is 0 Å². The molecule has 258 valence electrons. The molecule has 0 amide bonds. The SMILES string of the molecule is c1ccc(C2=NN(c3cccc([Si](c4ccccc4)(c4ccccc4)c4ccccc4)c3)CN2c2cc(-c3ccccc3)cc(-c3ccccc3)c2)cc1. The van der Waals surface area contributed by atoms with E-state index in [4.69, 9.17) is 5.10 Å². The highest BCUT2D eigenvalue weighted by Crippen LogP contribution is 2.35. The highest BCUT2D eigenvalue weighted by molar-refractivity contribution is 7.19. The minimum atomic E-state index is -2.72. The van der Waals surface area contributed by atoms with Gasteiger partial charge in [-0.1, -0.05) is 194 Å². The first-order valence-corrected chi connectivity index (χ1v) is 20.5. The van der Waals surface area contributed by atoms with E-state index < -0.39 is 8.07 Å². The molecule has 0 spiro atoms. The van der Waals surface area contributed by atoms with E-state index in [9.17, 15) is 0 Å². The van der Waals surface area contributed by atoms with Crippen molar-refractivity contribution in [2.45, 2.75) is 0 Å². The fourth-order valence-electron chi connectivity index (χ4n) is 7.87. The molecular formula is C50H39N3Si. The van der Waals surface area contributed by atoms with Gasteiger partial charge < -0.3 is 4.90 Å². The van der Waals surface area contributed by atoms with Crippen LogP contribution in [0.25, 0.3) is 22.3 Å². The molecule has 8 aromatic carbocycles. The molecule has 1 heterocycles. The van der Waals surface area contributed by atoms with Crippen LogP contribution in [0.15, 0.2) is 230 Å². The molecule has 0 aromatic heterocycles. The number of benzene rings is 8. The number of amidine groups is 1. The molecule has 0 bridgehead atoms. The molecule has 4 heteroatoms. The number of nitrogens with zero attached hydrogens (tertiary/aromatic N) is 3. The van der Waals surface area contributed by atoms with Crippen LogP contribution in [0.4, 0.5) is 11.4 Å². The zero-order valence-electron chi connectivity index (χ0n) is 29.9. The Labute approximate surface area is 318 Å². The van der Waals surface area contributed by atoms with Crippen molar-refractivity contribution < 1.29 is 0 Å². The van der Waals surface area contributed by atoms with Crippen molar-refractivity contribution in [3.8, 4) is 22.3 Å². The summed E-state index contributed by atoms with van der Waals surface area (Å²) >= 11 is 0. The average molecular weight is 710 g/mol. The molecule has 0 atom stereocenters. The molecule has 0 radical (unpaired) electrons. The Balaban J connectivity index is 1.20. The number of hydrazone groups is 1. The first-order chi connectivity index (χ1) is 26.8. The van der Waals surface area contributed by atoms with Crippen LogP contribution < -0.4 is 30.7 Å². The number of anilines is 2. The third-order valence-electron chi connectivity index (χ3n) is 10.4. The smallest absolute Gasteiger partial charge is 0.179 e. The molecule has 3 nitrogen and oxygen atoms in total. The topological polar surface area (TPSA) is 18.8 Å². The van der Waals surface area contributed by atoms with E-state index in [-0.39, 0.29) is 0 Å². The average Bonchev–Trinajstić information content (AvgIpc) is 3.72. The minimum absolute atomic E-state index is 0.566. The lowest BCUT2D eigenvalue weighted by Crippen LogP contribution is -2.74. The molecular weight excluding hydrogens is 671 g/mol. The van der Waals surface area contributed by atoms with Gasteiger partial charge in [0.25, 0.3) is 0 Å². The van der Waals surface area contributed by atoms with E-state index >= 15 is 0 Å². The second-order valence-electron chi connectivity index (χ2n) is 13.7. The Morgan fingerprint density at radius 1 is 0.333 bits per heavy atom. The number of hydrogen-bond acceptors (Lipinski definition) is 3. The van der Waals surface area contributed by atoms with Crippen molar-refractivity contribution >= 4 is 46.0 Å². The normalized spacial score (nSPS) is 12.8. The third-order valence-corrected chi connectivity index (χ3v) is 15.2. The maximum absolute atomic E-state index is 5.42. The third kappa shape index (κ3) is 6.23. The summed E-state index contributed by atoms with van der Waals surface area (Å²) in [5.41, 5.74) is 7.94. The largest absolute Gasteiger partial charge is 0.304 e. The standard InChI is InChI=1S/C50H39N3Si/c1-7-20-39(21-8-1)42-34-43(40-22-9-2-10-23-40)36-45(35-42)52-38-53(51-50(52)41-24-11-3-12-25-41)44-26-19-33-49(37-44)54(46-27-13-4-14-28-46,47-29-15-5-16-30-47)48-31-17-6-18-32-48/h1-37H,38H2. The second-order valence-corrected chi connectivity index (χ2v) is 17.5. The summed E-state index contributed by atoms with van der Waals surface area (Å²) in [6.07, 6.45) is 0. The van der Waals surface area contributed by atoms with E-state index in [1.807, 2.05) is 0 Å². The Bertz CT molecular complexity index is 2350. The van der Waals surface area contributed by atoms with Crippen LogP contribution >= 0.6 is 0 Å². The summed E-state index contributed by atoms with van der Waals surface area (Å²) in [6, 6.07) is 81.2. The van der Waals surface area contributed by atoms with Crippen molar-refractivity contribution in [1.82, 2.24) is 0 Å². The molecule has 0 fully saturated rings. The summed E-state index contributed by atoms with van der Waals surface area (Å²) in [5, 5.41) is 13.0. The zero-order valence-corrected chi connectivity index (χ0v) is 30.9. The van der Waals surface area contributed by atoms with E-state index in [0.29, 0.717) is 6.67 Å². The quantitative estimate of drug-likeness (QED) is 0.110. The zero-order chi connectivity index (χ0) is 36.2. The van der Waals surface area contributed by atoms with Gasteiger partial charge >= 0.3 is 0 Å². The van der Waals surface area contributed by atoms with Gasteiger partial charge in [0.05, 0.1) is 5.69 Å². The molecule has 9 rings (SSSR count). The van der Waals surface area contributed by atoms with E-state index in [1.54, 1.807) is 0 Å². The van der Waals surface area contributed by atoms with Gasteiger partial charge in [-0.05, 0) is 73.3 Å². The first kappa shape index (κ1) is 33.1. The molecule has 1 aliphatic heterocycles. The van der Waals surface area contributed by atoms with Crippen LogP contribution in [0.2, 0.25) is 0 Å². The maximum atomic E-state index is 5.42. The van der Waals surface area contributed by atoms with Gasteiger partial charge in [-0.25, -0.2) is 5.01 Å². The van der Waals surface area contributed by atoms with Gasteiger partial charge in [0.1, 0.15) is 6.67 Å². The van der Waals surface area contributed by atoms with Crippen molar-refractivity contribution in [3.63, 3.8) is 0 Å². The monoisotopic (exact) mass is 709 g/mol. The van der Waals surface area contributed by atoms with Gasteiger partial charge in [-0.2, -0.15) is 5.10 Å². The Hall–Kier alpha value is -6.75. The van der Waals surface area contributed by atoms with E-state index in [2.05, 4.69) is 234 Å². The van der Waals surface area contributed by atoms with Gasteiger partial charge in [-0.15, -0.1) is 0 Å². The van der Waals surface area contributed by atoms with Crippen molar-refractivity contribution in [1.29, 1.82) is 0 Å². The Morgan fingerprint density at radius 2 is 0.741 bits per heavy atom. The van der Waals surface area contributed by atoms with Crippen molar-refractivity contribution in [3.05, 3.63) is 230 Å². The van der Waals surface area contributed by atoms with Crippen molar-refractivity contribution in [2.75, 3.05) is 16.6 Å². The van der Waals surface area contributed by atoms with E-state index in [1.165, 1.54) is 43.0 Å². The molecule has 0 aliphatic carbocycles. The molecule has 0 saturated carbocycles. The fraction of sp³-hybridized carbons (Fsp3) is 0.0200.